The van der Waals surface area contributed by atoms with E-state index in [0.717, 1.165) is 11.5 Å². The van der Waals surface area contributed by atoms with Crippen molar-refractivity contribution < 1.29 is 13.2 Å². The SMILES string of the molecule is CCOC(C)CNc1snc(N)c1S(=O)(=O)C1CC1. The van der Waals surface area contributed by atoms with E-state index in [-0.39, 0.29) is 22.1 Å². The summed E-state index contributed by atoms with van der Waals surface area (Å²) in [5.74, 6) is 0.100. The predicted molar refractivity (Wildman–Crippen MR) is 76.3 cm³/mol. The van der Waals surface area contributed by atoms with E-state index in [9.17, 15) is 8.42 Å². The third kappa shape index (κ3) is 3.18. The molecule has 0 amide bonds. The van der Waals surface area contributed by atoms with Crippen LogP contribution in [0.4, 0.5) is 10.8 Å². The maximum absolute atomic E-state index is 12.3. The molecule has 8 heteroatoms. The second-order valence-corrected chi connectivity index (χ2v) is 7.56. The lowest BCUT2D eigenvalue weighted by Gasteiger charge is -2.13. The summed E-state index contributed by atoms with van der Waals surface area (Å²) >= 11 is 1.09. The Morgan fingerprint density at radius 1 is 1.58 bits per heavy atom. The second-order valence-electron chi connectivity index (χ2n) is 4.62. The number of nitrogen functional groups attached to an aromatic ring is 1. The lowest BCUT2D eigenvalue weighted by molar-refractivity contribution is 0.0855. The van der Waals surface area contributed by atoms with Crippen LogP contribution in [0.5, 0.6) is 0 Å². The van der Waals surface area contributed by atoms with Gasteiger partial charge in [0.05, 0.1) is 11.4 Å². The van der Waals surface area contributed by atoms with Crippen LogP contribution >= 0.6 is 11.5 Å². The molecular formula is C11H19N3O3S2. The molecule has 0 spiro atoms. The summed E-state index contributed by atoms with van der Waals surface area (Å²) in [5, 5.41) is 3.32. The zero-order valence-corrected chi connectivity index (χ0v) is 12.7. The highest BCUT2D eigenvalue weighted by molar-refractivity contribution is 7.92. The number of nitrogens with zero attached hydrogens (tertiary/aromatic N) is 1. The number of hydrogen-bond donors (Lipinski definition) is 2. The molecule has 1 aromatic heterocycles. The second kappa shape index (κ2) is 5.64. The molecule has 1 aliphatic rings. The van der Waals surface area contributed by atoms with E-state index >= 15 is 0 Å². The van der Waals surface area contributed by atoms with Crippen molar-refractivity contribution in [1.82, 2.24) is 4.37 Å². The van der Waals surface area contributed by atoms with E-state index in [0.29, 0.717) is 31.0 Å². The highest BCUT2D eigenvalue weighted by Crippen LogP contribution is 2.40. The highest BCUT2D eigenvalue weighted by Gasteiger charge is 2.40. The third-order valence-corrected chi connectivity index (χ3v) is 6.20. The van der Waals surface area contributed by atoms with Gasteiger partial charge < -0.3 is 15.8 Å². The predicted octanol–water partition coefficient (Wildman–Crippen LogP) is 1.50. The standard InChI is InChI=1S/C11H19N3O3S2/c1-3-17-7(2)6-13-11-9(10(12)14-18-11)19(15,16)8-4-5-8/h7-8,13H,3-6H2,1-2H3,(H2,12,14). The quantitative estimate of drug-likeness (QED) is 0.793. The van der Waals surface area contributed by atoms with Crippen LogP contribution in [0.1, 0.15) is 26.7 Å². The summed E-state index contributed by atoms with van der Waals surface area (Å²) in [6.07, 6.45) is 1.43. The van der Waals surface area contributed by atoms with Gasteiger partial charge in [-0.05, 0) is 38.2 Å². The first-order valence-electron chi connectivity index (χ1n) is 6.31. The molecule has 0 bridgehead atoms. The van der Waals surface area contributed by atoms with E-state index in [2.05, 4.69) is 9.69 Å². The van der Waals surface area contributed by atoms with Crippen molar-refractivity contribution in [3.63, 3.8) is 0 Å². The Balaban J connectivity index is 2.14. The molecule has 0 radical (unpaired) electrons. The van der Waals surface area contributed by atoms with Crippen molar-refractivity contribution in [2.75, 3.05) is 24.2 Å². The van der Waals surface area contributed by atoms with Gasteiger partial charge in [-0.3, -0.25) is 0 Å². The fourth-order valence-corrected chi connectivity index (χ4v) is 4.70. The molecule has 1 aromatic rings. The monoisotopic (exact) mass is 305 g/mol. The van der Waals surface area contributed by atoms with Crippen molar-refractivity contribution in [2.45, 2.75) is 42.9 Å². The third-order valence-electron chi connectivity index (χ3n) is 2.92. The van der Waals surface area contributed by atoms with Crippen molar-refractivity contribution in [3.05, 3.63) is 0 Å². The van der Waals surface area contributed by atoms with Crippen LogP contribution in [-0.4, -0.2) is 37.3 Å². The first kappa shape index (κ1) is 14.5. The van der Waals surface area contributed by atoms with E-state index in [1.165, 1.54) is 0 Å². The Morgan fingerprint density at radius 3 is 2.84 bits per heavy atom. The van der Waals surface area contributed by atoms with Crippen LogP contribution in [0.25, 0.3) is 0 Å². The number of hydrogen-bond acceptors (Lipinski definition) is 7. The summed E-state index contributed by atoms with van der Waals surface area (Å²) in [6, 6.07) is 0. The average Bonchev–Trinajstić information content (AvgIpc) is 3.12. The Bertz CT molecular complexity index is 537. The summed E-state index contributed by atoms with van der Waals surface area (Å²) < 4.78 is 33.9. The molecule has 1 heterocycles. The number of rotatable bonds is 7. The van der Waals surface area contributed by atoms with Crippen LogP contribution in [0.2, 0.25) is 0 Å². The summed E-state index contributed by atoms with van der Waals surface area (Å²) in [7, 11) is -3.32. The Hall–Kier alpha value is -0.860. The highest BCUT2D eigenvalue weighted by atomic mass is 32.2. The molecule has 1 fully saturated rings. The van der Waals surface area contributed by atoms with Gasteiger partial charge in [-0.1, -0.05) is 0 Å². The van der Waals surface area contributed by atoms with Crippen LogP contribution in [0, 0.1) is 0 Å². The number of nitrogens with one attached hydrogen (secondary N) is 1. The molecule has 1 saturated carbocycles. The smallest absolute Gasteiger partial charge is 0.187 e. The number of anilines is 2. The minimum atomic E-state index is -3.32. The molecule has 3 N–H and O–H groups in total. The topological polar surface area (TPSA) is 94.3 Å². The molecule has 1 atom stereocenters. The summed E-state index contributed by atoms with van der Waals surface area (Å²) in [4.78, 5) is 0.170. The average molecular weight is 305 g/mol. The van der Waals surface area contributed by atoms with E-state index in [4.69, 9.17) is 10.5 Å². The first-order chi connectivity index (χ1) is 8.96. The molecular weight excluding hydrogens is 286 g/mol. The lowest BCUT2D eigenvalue weighted by Crippen LogP contribution is -2.20. The summed E-state index contributed by atoms with van der Waals surface area (Å²) in [6.45, 7) is 5.00. The van der Waals surface area contributed by atoms with Crippen molar-refractivity contribution >= 4 is 32.2 Å². The number of sulfone groups is 1. The van der Waals surface area contributed by atoms with Gasteiger partial charge in [0.25, 0.3) is 0 Å². The minimum Gasteiger partial charge on any atom is -0.382 e. The number of aromatic nitrogens is 1. The number of nitrogens with two attached hydrogens (primary N) is 1. The number of ether oxygens (including phenoxy) is 1. The normalized spacial score (nSPS) is 17.4. The fourth-order valence-electron chi connectivity index (χ4n) is 1.81. The Kier molecular flexibility index (Phi) is 4.32. The van der Waals surface area contributed by atoms with Gasteiger partial charge in [-0.2, -0.15) is 4.37 Å². The lowest BCUT2D eigenvalue weighted by atomic mass is 10.4. The molecule has 1 unspecified atom stereocenters. The molecule has 108 valence electrons. The molecule has 0 aliphatic heterocycles. The van der Waals surface area contributed by atoms with Crippen molar-refractivity contribution in [1.29, 1.82) is 0 Å². The molecule has 6 nitrogen and oxygen atoms in total. The molecule has 19 heavy (non-hydrogen) atoms. The maximum Gasteiger partial charge on any atom is 0.187 e. The first-order valence-corrected chi connectivity index (χ1v) is 8.63. The van der Waals surface area contributed by atoms with Gasteiger partial charge in [0.1, 0.15) is 9.90 Å². The van der Waals surface area contributed by atoms with E-state index in [1.807, 2.05) is 13.8 Å². The van der Waals surface area contributed by atoms with Gasteiger partial charge in [-0.25, -0.2) is 8.42 Å². The zero-order chi connectivity index (χ0) is 14.0. The molecule has 1 aliphatic carbocycles. The fraction of sp³-hybridized carbons (Fsp3) is 0.727. The summed E-state index contributed by atoms with van der Waals surface area (Å²) in [5.41, 5.74) is 5.71. The van der Waals surface area contributed by atoms with Crippen LogP contribution < -0.4 is 11.1 Å². The van der Waals surface area contributed by atoms with Crippen LogP contribution in [-0.2, 0) is 14.6 Å². The van der Waals surface area contributed by atoms with Gasteiger partial charge >= 0.3 is 0 Å². The van der Waals surface area contributed by atoms with E-state index < -0.39 is 9.84 Å². The zero-order valence-electron chi connectivity index (χ0n) is 11.0. The molecule has 0 saturated heterocycles. The van der Waals surface area contributed by atoms with Crippen molar-refractivity contribution in [3.8, 4) is 0 Å². The minimum absolute atomic E-state index is 0.00445. The van der Waals surface area contributed by atoms with E-state index in [1.54, 1.807) is 0 Å². The van der Waals surface area contributed by atoms with Gasteiger partial charge in [-0.15, -0.1) is 0 Å². The van der Waals surface area contributed by atoms with Gasteiger partial charge in [0, 0.05) is 13.2 Å². The largest absolute Gasteiger partial charge is 0.382 e. The Labute approximate surface area is 117 Å². The van der Waals surface area contributed by atoms with Gasteiger partial charge in [0.2, 0.25) is 0 Å². The molecule has 0 aromatic carbocycles. The maximum atomic E-state index is 12.3. The molecule has 2 rings (SSSR count). The van der Waals surface area contributed by atoms with Crippen LogP contribution in [0.3, 0.4) is 0 Å². The van der Waals surface area contributed by atoms with Crippen molar-refractivity contribution in [2.24, 2.45) is 0 Å². The van der Waals surface area contributed by atoms with Gasteiger partial charge in [0.15, 0.2) is 15.7 Å². The Morgan fingerprint density at radius 2 is 2.26 bits per heavy atom. The van der Waals surface area contributed by atoms with Crippen LogP contribution in [0.15, 0.2) is 4.90 Å².